The van der Waals surface area contributed by atoms with Crippen molar-refractivity contribution in [1.82, 2.24) is 0 Å². The van der Waals surface area contributed by atoms with Crippen LogP contribution in [0.15, 0.2) is 48.5 Å². The summed E-state index contributed by atoms with van der Waals surface area (Å²) < 4.78 is 13.8. The van der Waals surface area contributed by atoms with Crippen molar-refractivity contribution in [2.45, 2.75) is 25.3 Å². The maximum absolute atomic E-state index is 13.8. The van der Waals surface area contributed by atoms with Crippen molar-refractivity contribution in [3.05, 3.63) is 59.9 Å². The zero-order valence-corrected chi connectivity index (χ0v) is 12.9. The van der Waals surface area contributed by atoms with Crippen LogP contribution in [0.2, 0.25) is 0 Å². The van der Waals surface area contributed by atoms with Crippen LogP contribution in [0.3, 0.4) is 0 Å². The molecule has 118 valence electrons. The van der Waals surface area contributed by atoms with Crippen LogP contribution in [-0.4, -0.2) is 25.0 Å². The second-order valence-corrected chi connectivity index (χ2v) is 6.23. The van der Waals surface area contributed by atoms with E-state index in [0.717, 1.165) is 17.9 Å². The lowest BCUT2D eigenvalue weighted by atomic mass is 10.1. The van der Waals surface area contributed by atoms with Gasteiger partial charge >= 0.3 is 0 Å². The molecule has 0 spiro atoms. The molecule has 2 aliphatic rings. The average Bonchev–Trinajstić information content (AvgIpc) is 3.41. The second-order valence-electron chi connectivity index (χ2n) is 6.23. The monoisotopic (exact) mass is 310 g/mol. The van der Waals surface area contributed by atoms with Gasteiger partial charge < -0.3 is 9.80 Å². The molecule has 4 rings (SSSR count). The number of rotatable bonds is 3. The first kappa shape index (κ1) is 14.2. The first-order valence-electron chi connectivity index (χ1n) is 8.13. The molecular formula is C19H19FN2O. The van der Waals surface area contributed by atoms with Crippen molar-refractivity contribution < 1.29 is 9.18 Å². The molecule has 0 saturated heterocycles. The first-order valence-corrected chi connectivity index (χ1v) is 8.13. The van der Waals surface area contributed by atoms with Crippen molar-refractivity contribution in [2.24, 2.45) is 0 Å². The predicted molar refractivity (Wildman–Crippen MR) is 89.3 cm³/mol. The van der Waals surface area contributed by atoms with Gasteiger partial charge in [0.05, 0.1) is 17.8 Å². The predicted octanol–water partition coefficient (Wildman–Crippen LogP) is 3.38. The summed E-state index contributed by atoms with van der Waals surface area (Å²) in [6.45, 7) is 1.52. The average molecular weight is 310 g/mol. The number of amides is 1. The molecule has 0 radical (unpaired) electrons. The molecule has 3 nitrogen and oxygen atoms in total. The Morgan fingerprint density at radius 3 is 2.43 bits per heavy atom. The van der Waals surface area contributed by atoms with Gasteiger partial charge in [-0.3, -0.25) is 4.79 Å². The van der Waals surface area contributed by atoms with Gasteiger partial charge in [0.15, 0.2) is 0 Å². The fourth-order valence-electron chi connectivity index (χ4n) is 3.31. The number of para-hydroxylation sites is 2. The van der Waals surface area contributed by atoms with Crippen LogP contribution < -0.4 is 9.80 Å². The summed E-state index contributed by atoms with van der Waals surface area (Å²) in [6.07, 6.45) is 2.57. The molecule has 0 unspecified atom stereocenters. The lowest BCUT2D eigenvalue weighted by Crippen LogP contribution is -2.45. The van der Waals surface area contributed by atoms with E-state index in [9.17, 15) is 9.18 Å². The number of benzene rings is 2. The zero-order valence-electron chi connectivity index (χ0n) is 12.9. The topological polar surface area (TPSA) is 23.6 Å². The fraction of sp³-hybridized carbons (Fsp3) is 0.316. The minimum absolute atomic E-state index is 0.0435. The number of fused-ring (bicyclic) bond motifs is 1. The molecule has 1 saturated carbocycles. The number of carbonyl (C=O) groups is 1. The minimum Gasteiger partial charge on any atom is -0.365 e. The van der Waals surface area contributed by atoms with Crippen molar-refractivity contribution in [3.63, 3.8) is 0 Å². The number of hydrogen-bond donors (Lipinski definition) is 0. The zero-order chi connectivity index (χ0) is 15.8. The smallest absolute Gasteiger partial charge is 0.231 e. The summed E-state index contributed by atoms with van der Waals surface area (Å²) >= 11 is 0. The lowest BCUT2D eigenvalue weighted by molar-refractivity contribution is -0.118. The third kappa shape index (κ3) is 2.69. The molecular weight excluding hydrogens is 291 g/mol. The molecule has 1 fully saturated rings. The van der Waals surface area contributed by atoms with Crippen LogP contribution in [0.1, 0.15) is 18.4 Å². The molecule has 0 aromatic heterocycles. The molecule has 1 heterocycles. The minimum atomic E-state index is -0.314. The largest absolute Gasteiger partial charge is 0.365 e. The fourth-order valence-corrected chi connectivity index (χ4v) is 3.31. The van der Waals surface area contributed by atoms with Gasteiger partial charge in [0.25, 0.3) is 0 Å². The van der Waals surface area contributed by atoms with E-state index in [-0.39, 0.29) is 18.1 Å². The van der Waals surface area contributed by atoms with Crippen LogP contribution in [0, 0.1) is 5.82 Å². The van der Waals surface area contributed by atoms with Gasteiger partial charge in [-0.05, 0) is 36.6 Å². The molecule has 4 heteroatoms. The summed E-state index contributed by atoms with van der Waals surface area (Å²) in [4.78, 5) is 16.9. The van der Waals surface area contributed by atoms with E-state index in [1.165, 1.54) is 18.9 Å². The second kappa shape index (κ2) is 5.69. The van der Waals surface area contributed by atoms with E-state index in [1.807, 2.05) is 18.2 Å². The van der Waals surface area contributed by atoms with Gasteiger partial charge in [0.1, 0.15) is 5.82 Å². The first-order chi connectivity index (χ1) is 11.2. The molecule has 1 aliphatic heterocycles. The molecule has 1 amide bonds. The SMILES string of the molecule is O=C(Cc1ccccc1F)N1CCN(C2CC2)c2ccccc21. The summed E-state index contributed by atoms with van der Waals surface area (Å²) in [5.41, 5.74) is 2.54. The van der Waals surface area contributed by atoms with Crippen molar-refractivity contribution in [3.8, 4) is 0 Å². The Hall–Kier alpha value is -2.36. The van der Waals surface area contributed by atoms with Gasteiger partial charge in [-0.15, -0.1) is 0 Å². The molecule has 1 aliphatic carbocycles. The summed E-state index contributed by atoms with van der Waals surface area (Å²) in [7, 11) is 0. The van der Waals surface area contributed by atoms with E-state index in [4.69, 9.17) is 0 Å². The third-order valence-corrected chi connectivity index (χ3v) is 4.63. The number of nitrogens with zero attached hydrogens (tertiary/aromatic N) is 2. The Morgan fingerprint density at radius 1 is 1.00 bits per heavy atom. The van der Waals surface area contributed by atoms with Gasteiger partial charge in [-0.25, -0.2) is 4.39 Å². The van der Waals surface area contributed by atoms with E-state index in [1.54, 1.807) is 23.1 Å². The molecule has 0 atom stereocenters. The van der Waals surface area contributed by atoms with Crippen molar-refractivity contribution >= 4 is 17.3 Å². The molecule has 2 aromatic rings. The summed E-state index contributed by atoms with van der Waals surface area (Å²) in [6, 6.07) is 15.2. The maximum Gasteiger partial charge on any atom is 0.231 e. The lowest BCUT2D eigenvalue weighted by Gasteiger charge is -2.38. The van der Waals surface area contributed by atoms with Crippen LogP contribution in [0.25, 0.3) is 0 Å². The van der Waals surface area contributed by atoms with Crippen LogP contribution >= 0.6 is 0 Å². The van der Waals surface area contributed by atoms with Crippen molar-refractivity contribution in [2.75, 3.05) is 22.9 Å². The Morgan fingerprint density at radius 2 is 1.70 bits per heavy atom. The number of anilines is 2. The maximum atomic E-state index is 13.8. The summed E-state index contributed by atoms with van der Waals surface area (Å²) in [5.74, 6) is -0.358. The summed E-state index contributed by atoms with van der Waals surface area (Å²) in [5, 5.41) is 0. The van der Waals surface area contributed by atoms with Crippen LogP contribution in [0.4, 0.5) is 15.8 Å². The third-order valence-electron chi connectivity index (χ3n) is 4.63. The quantitative estimate of drug-likeness (QED) is 0.867. The highest BCUT2D eigenvalue weighted by molar-refractivity contribution is 5.99. The Kier molecular flexibility index (Phi) is 3.52. The number of hydrogen-bond acceptors (Lipinski definition) is 2. The highest BCUT2D eigenvalue weighted by atomic mass is 19.1. The Bertz CT molecular complexity index is 742. The Labute approximate surface area is 135 Å². The molecule has 0 bridgehead atoms. The van der Waals surface area contributed by atoms with Crippen LogP contribution in [0.5, 0.6) is 0 Å². The highest BCUT2D eigenvalue weighted by Gasteiger charge is 2.35. The molecule has 2 aromatic carbocycles. The normalized spacial score (nSPS) is 17.1. The van der Waals surface area contributed by atoms with Crippen molar-refractivity contribution in [1.29, 1.82) is 0 Å². The van der Waals surface area contributed by atoms with Gasteiger partial charge in [-0.1, -0.05) is 30.3 Å². The molecule has 23 heavy (non-hydrogen) atoms. The molecule has 0 N–H and O–H groups in total. The van der Waals surface area contributed by atoms with E-state index in [0.29, 0.717) is 18.2 Å². The van der Waals surface area contributed by atoms with Gasteiger partial charge in [0, 0.05) is 19.1 Å². The Balaban J connectivity index is 1.60. The standard InChI is InChI=1S/C19H19FN2O/c20-16-6-2-1-5-14(16)13-19(23)22-12-11-21(15-9-10-15)17-7-3-4-8-18(17)22/h1-8,15H,9-13H2. The van der Waals surface area contributed by atoms with E-state index >= 15 is 0 Å². The van der Waals surface area contributed by atoms with Gasteiger partial charge in [-0.2, -0.15) is 0 Å². The van der Waals surface area contributed by atoms with Crippen LogP contribution in [-0.2, 0) is 11.2 Å². The van der Waals surface area contributed by atoms with Gasteiger partial charge in [0.2, 0.25) is 5.91 Å². The highest BCUT2D eigenvalue weighted by Crippen LogP contribution is 2.39. The van der Waals surface area contributed by atoms with E-state index < -0.39 is 0 Å². The number of carbonyl (C=O) groups excluding carboxylic acids is 1. The van der Waals surface area contributed by atoms with E-state index in [2.05, 4.69) is 11.0 Å². The number of halogens is 1.